The highest BCUT2D eigenvalue weighted by Gasteiger charge is 2.15. The molecule has 1 fully saturated rings. The molecule has 1 amide bonds. The lowest BCUT2D eigenvalue weighted by molar-refractivity contribution is -0.126. The summed E-state index contributed by atoms with van der Waals surface area (Å²) < 4.78 is 5.44. The summed E-state index contributed by atoms with van der Waals surface area (Å²) in [4.78, 5) is 14.3. The second-order valence-corrected chi connectivity index (χ2v) is 6.32. The molecule has 2 rings (SSSR count). The van der Waals surface area contributed by atoms with E-state index in [1.807, 2.05) is 31.2 Å². The second-order valence-electron chi connectivity index (χ2n) is 5.91. The first-order valence-corrected chi connectivity index (χ1v) is 8.36. The largest absolute Gasteiger partial charge is 0.367 e. The average Bonchev–Trinajstić information content (AvgIpc) is 2.50. The highest BCUT2D eigenvalue weighted by molar-refractivity contribution is 6.31. The Morgan fingerprint density at radius 3 is 2.77 bits per heavy atom. The van der Waals surface area contributed by atoms with Crippen LogP contribution >= 0.6 is 11.6 Å². The van der Waals surface area contributed by atoms with Gasteiger partial charge in [0, 0.05) is 17.6 Å². The van der Waals surface area contributed by atoms with Crippen molar-refractivity contribution in [1.29, 1.82) is 0 Å². The van der Waals surface area contributed by atoms with Crippen LogP contribution in [-0.4, -0.2) is 43.1 Å². The lowest BCUT2D eigenvalue weighted by Gasteiger charge is -2.29. The monoisotopic (exact) mass is 324 g/mol. The molecule has 1 heterocycles. The van der Waals surface area contributed by atoms with Crippen molar-refractivity contribution < 1.29 is 9.53 Å². The number of likely N-dealkylation sites (tertiary alicyclic amines) is 1. The number of piperidine rings is 1. The number of benzene rings is 1. The maximum absolute atomic E-state index is 11.9. The van der Waals surface area contributed by atoms with E-state index in [1.165, 1.54) is 19.3 Å². The molecule has 5 heteroatoms. The minimum absolute atomic E-state index is 0.0650. The number of hydrogen-bond donors (Lipinski definition) is 1. The van der Waals surface area contributed by atoms with Gasteiger partial charge in [-0.3, -0.25) is 4.79 Å². The van der Waals surface area contributed by atoms with Crippen molar-refractivity contribution >= 4 is 17.5 Å². The number of halogens is 1. The summed E-state index contributed by atoms with van der Waals surface area (Å²) in [5, 5.41) is 3.66. The van der Waals surface area contributed by atoms with Gasteiger partial charge in [0.25, 0.3) is 0 Å². The quantitative estimate of drug-likeness (QED) is 0.838. The first-order chi connectivity index (χ1) is 10.6. The Morgan fingerprint density at radius 2 is 2.05 bits per heavy atom. The van der Waals surface area contributed by atoms with Crippen LogP contribution in [0.2, 0.25) is 5.02 Å². The van der Waals surface area contributed by atoms with Crippen LogP contribution < -0.4 is 5.32 Å². The summed E-state index contributed by atoms with van der Waals surface area (Å²) in [6.07, 6.45) is 3.86. The van der Waals surface area contributed by atoms with E-state index in [9.17, 15) is 4.79 Å². The van der Waals surface area contributed by atoms with E-state index in [0.29, 0.717) is 11.6 Å². The van der Waals surface area contributed by atoms with Crippen molar-refractivity contribution in [3.63, 3.8) is 0 Å². The summed E-state index contributed by atoms with van der Waals surface area (Å²) in [6, 6.07) is 7.65. The summed E-state index contributed by atoms with van der Waals surface area (Å²) in [5.74, 6) is -0.0726. The van der Waals surface area contributed by atoms with Gasteiger partial charge in [-0.2, -0.15) is 0 Å². The normalized spacial score (nSPS) is 17.2. The predicted molar refractivity (Wildman–Crippen MR) is 89.0 cm³/mol. The number of carbonyl (C=O) groups is 1. The number of nitrogens with zero attached hydrogens (tertiary/aromatic N) is 1. The molecule has 0 aliphatic carbocycles. The molecular weight excluding hydrogens is 300 g/mol. The van der Waals surface area contributed by atoms with Gasteiger partial charge in [0.1, 0.15) is 6.61 Å². The van der Waals surface area contributed by atoms with Gasteiger partial charge < -0.3 is 15.0 Å². The molecule has 22 heavy (non-hydrogen) atoms. The van der Waals surface area contributed by atoms with Crippen molar-refractivity contribution in [1.82, 2.24) is 10.2 Å². The lowest BCUT2D eigenvalue weighted by Crippen LogP contribution is -2.44. The zero-order chi connectivity index (χ0) is 15.8. The fraction of sp³-hybridized carbons (Fsp3) is 0.588. The molecule has 0 saturated carbocycles. The van der Waals surface area contributed by atoms with Gasteiger partial charge in [0.15, 0.2) is 0 Å². The zero-order valence-electron chi connectivity index (χ0n) is 13.2. The van der Waals surface area contributed by atoms with Crippen molar-refractivity contribution in [2.45, 2.75) is 38.8 Å². The van der Waals surface area contributed by atoms with Crippen LogP contribution in [0.15, 0.2) is 24.3 Å². The Bertz CT molecular complexity index is 475. The highest BCUT2D eigenvalue weighted by Crippen LogP contribution is 2.15. The van der Waals surface area contributed by atoms with E-state index in [0.717, 1.165) is 25.2 Å². The van der Waals surface area contributed by atoms with E-state index < -0.39 is 0 Å². The van der Waals surface area contributed by atoms with E-state index in [1.54, 1.807) is 0 Å². The Morgan fingerprint density at radius 1 is 1.32 bits per heavy atom. The fourth-order valence-electron chi connectivity index (χ4n) is 2.76. The molecule has 1 aromatic rings. The van der Waals surface area contributed by atoms with Crippen molar-refractivity contribution in [3.05, 3.63) is 34.9 Å². The average molecular weight is 325 g/mol. The third-order valence-electron chi connectivity index (χ3n) is 3.84. The number of carbonyl (C=O) groups excluding carboxylic acids is 1. The smallest absolute Gasteiger partial charge is 0.246 e. The van der Waals surface area contributed by atoms with Crippen LogP contribution in [-0.2, 0) is 16.1 Å². The molecule has 1 N–H and O–H groups in total. The van der Waals surface area contributed by atoms with E-state index in [2.05, 4.69) is 10.2 Å². The van der Waals surface area contributed by atoms with Crippen LogP contribution in [0.5, 0.6) is 0 Å². The Balaban J connectivity index is 1.63. The van der Waals surface area contributed by atoms with Gasteiger partial charge in [0.2, 0.25) is 5.91 Å². The molecule has 1 atom stereocenters. The van der Waals surface area contributed by atoms with Gasteiger partial charge in [0.05, 0.1) is 6.61 Å². The SMILES string of the molecule is CC(CN1CCCCC1)NC(=O)COCc1ccccc1Cl. The van der Waals surface area contributed by atoms with Crippen molar-refractivity contribution in [2.75, 3.05) is 26.2 Å². The first-order valence-electron chi connectivity index (χ1n) is 7.98. The maximum Gasteiger partial charge on any atom is 0.246 e. The Labute approximate surface area is 137 Å². The molecular formula is C17H25ClN2O2. The molecule has 1 aromatic carbocycles. The third-order valence-corrected chi connectivity index (χ3v) is 4.21. The molecule has 0 radical (unpaired) electrons. The van der Waals surface area contributed by atoms with Gasteiger partial charge in [-0.15, -0.1) is 0 Å². The topological polar surface area (TPSA) is 41.6 Å². The molecule has 1 aliphatic rings. The van der Waals surface area contributed by atoms with E-state index >= 15 is 0 Å². The van der Waals surface area contributed by atoms with Crippen molar-refractivity contribution in [2.24, 2.45) is 0 Å². The van der Waals surface area contributed by atoms with Gasteiger partial charge in [-0.1, -0.05) is 36.2 Å². The molecule has 122 valence electrons. The standard InChI is InChI=1S/C17H25ClN2O2/c1-14(11-20-9-5-2-6-10-20)19-17(21)13-22-12-15-7-3-4-8-16(15)18/h3-4,7-8,14H,2,5-6,9-13H2,1H3,(H,19,21). The number of amides is 1. The van der Waals surface area contributed by atoms with Crippen LogP contribution in [0.1, 0.15) is 31.7 Å². The molecule has 0 bridgehead atoms. The number of nitrogens with one attached hydrogen (secondary N) is 1. The molecule has 4 nitrogen and oxygen atoms in total. The minimum atomic E-state index is -0.0726. The Kier molecular flexibility index (Phi) is 7.16. The molecule has 0 aromatic heterocycles. The summed E-state index contributed by atoms with van der Waals surface area (Å²) >= 11 is 6.05. The summed E-state index contributed by atoms with van der Waals surface area (Å²) in [7, 11) is 0. The molecule has 0 spiro atoms. The lowest BCUT2D eigenvalue weighted by atomic mass is 10.1. The molecule has 1 unspecified atom stereocenters. The number of rotatable bonds is 7. The third kappa shape index (κ3) is 5.95. The summed E-state index contributed by atoms with van der Waals surface area (Å²) in [5.41, 5.74) is 0.901. The fourth-order valence-corrected chi connectivity index (χ4v) is 2.95. The minimum Gasteiger partial charge on any atom is -0.367 e. The van der Waals surface area contributed by atoms with Crippen LogP contribution in [0.4, 0.5) is 0 Å². The molecule has 1 saturated heterocycles. The second kappa shape index (κ2) is 9.13. The maximum atomic E-state index is 11.9. The first kappa shape index (κ1) is 17.3. The van der Waals surface area contributed by atoms with Gasteiger partial charge in [-0.05, 0) is 44.5 Å². The highest BCUT2D eigenvalue weighted by atomic mass is 35.5. The number of hydrogen-bond acceptors (Lipinski definition) is 3. The van der Waals surface area contributed by atoms with Crippen LogP contribution in [0.3, 0.4) is 0 Å². The zero-order valence-corrected chi connectivity index (χ0v) is 13.9. The van der Waals surface area contributed by atoms with E-state index in [4.69, 9.17) is 16.3 Å². The van der Waals surface area contributed by atoms with E-state index in [-0.39, 0.29) is 18.6 Å². The van der Waals surface area contributed by atoms with Gasteiger partial charge >= 0.3 is 0 Å². The number of ether oxygens (including phenoxy) is 1. The molecule has 1 aliphatic heterocycles. The van der Waals surface area contributed by atoms with Crippen LogP contribution in [0, 0.1) is 0 Å². The Hall–Kier alpha value is -1.10. The van der Waals surface area contributed by atoms with Crippen LogP contribution in [0.25, 0.3) is 0 Å². The predicted octanol–water partition coefficient (Wildman–Crippen LogP) is 2.85. The summed E-state index contributed by atoms with van der Waals surface area (Å²) in [6.45, 7) is 5.66. The van der Waals surface area contributed by atoms with Gasteiger partial charge in [-0.25, -0.2) is 0 Å². The van der Waals surface area contributed by atoms with Crippen molar-refractivity contribution in [3.8, 4) is 0 Å².